The van der Waals surface area contributed by atoms with E-state index in [0.717, 1.165) is 37.2 Å². The summed E-state index contributed by atoms with van der Waals surface area (Å²) in [5.41, 5.74) is 1.90. The zero-order valence-corrected chi connectivity index (χ0v) is 9.48. The van der Waals surface area contributed by atoms with Crippen molar-refractivity contribution in [2.75, 3.05) is 13.2 Å². The van der Waals surface area contributed by atoms with Gasteiger partial charge < -0.3 is 9.47 Å². The van der Waals surface area contributed by atoms with Crippen LogP contribution in [0.3, 0.4) is 0 Å². The minimum Gasteiger partial charge on any atom is -0.460 e. The van der Waals surface area contributed by atoms with Gasteiger partial charge in [-0.3, -0.25) is 0 Å². The summed E-state index contributed by atoms with van der Waals surface area (Å²) >= 11 is 0. The number of rotatable bonds is 3. The third-order valence-electron chi connectivity index (χ3n) is 2.56. The zero-order chi connectivity index (χ0) is 11.4. The molecule has 4 nitrogen and oxygen atoms in total. The summed E-state index contributed by atoms with van der Waals surface area (Å²) in [5.74, 6) is 0. The molecule has 2 rings (SSSR count). The highest BCUT2D eigenvalue weighted by Crippen LogP contribution is 2.15. The van der Waals surface area contributed by atoms with Crippen LogP contribution in [-0.4, -0.2) is 29.3 Å². The van der Waals surface area contributed by atoms with Gasteiger partial charge in [-0.2, -0.15) is 0 Å². The van der Waals surface area contributed by atoms with E-state index in [2.05, 4.69) is 16.5 Å². The molecule has 86 valence electrons. The molecule has 0 aliphatic carbocycles. The maximum Gasteiger partial charge on any atom is 0.316 e. The van der Waals surface area contributed by atoms with Crippen LogP contribution in [0, 0.1) is 0 Å². The van der Waals surface area contributed by atoms with Gasteiger partial charge in [-0.1, -0.05) is 6.58 Å². The van der Waals surface area contributed by atoms with Crippen LogP contribution in [0.2, 0.25) is 0 Å². The summed E-state index contributed by atoms with van der Waals surface area (Å²) in [4.78, 5) is 8.32. The molecule has 1 saturated heterocycles. The van der Waals surface area contributed by atoms with Crippen LogP contribution in [0.1, 0.15) is 25.3 Å². The molecule has 0 bridgehead atoms. The van der Waals surface area contributed by atoms with Gasteiger partial charge in [0, 0.05) is 30.8 Å². The van der Waals surface area contributed by atoms with Gasteiger partial charge >= 0.3 is 6.01 Å². The van der Waals surface area contributed by atoms with E-state index in [-0.39, 0.29) is 6.10 Å². The van der Waals surface area contributed by atoms with Crippen molar-refractivity contribution in [2.24, 2.45) is 0 Å². The maximum absolute atomic E-state index is 5.66. The number of hydrogen-bond acceptors (Lipinski definition) is 4. The first-order valence-corrected chi connectivity index (χ1v) is 5.48. The third kappa shape index (κ3) is 2.79. The lowest BCUT2D eigenvalue weighted by Gasteiger charge is -2.21. The standard InChI is InChI=1S/C12H16N2O2/c1-9(2)10-7-13-12(14-8-10)16-11-3-5-15-6-4-11/h7-8,11H,1,3-6H2,2H3. The number of ether oxygens (including phenoxy) is 2. The quantitative estimate of drug-likeness (QED) is 0.782. The zero-order valence-electron chi connectivity index (χ0n) is 9.48. The minimum atomic E-state index is 0.185. The van der Waals surface area contributed by atoms with Gasteiger partial charge in [0.2, 0.25) is 0 Å². The average Bonchev–Trinajstić information content (AvgIpc) is 2.31. The Morgan fingerprint density at radius 2 is 2.00 bits per heavy atom. The molecular weight excluding hydrogens is 204 g/mol. The number of allylic oxidation sites excluding steroid dienone is 1. The van der Waals surface area contributed by atoms with E-state index in [1.165, 1.54) is 0 Å². The van der Waals surface area contributed by atoms with E-state index in [0.29, 0.717) is 6.01 Å². The highest BCUT2D eigenvalue weighted by molar-refractivity contribution is 5.59. The van der Waals surface area contributed by atoms with Crippen LogP contribution >= 0.6 is 0 Å². The normalized spacial score (nSPS) is 17.1. The van der Waals surface area contributed by atoms with E-state index in [1.807, 2.05) is 6.92 Å². The van der Waals surface area contributed by atoms with Gasteiger partial charge in [0.15, 0.2) is 0 Å². The first-order valence-electron chi connectivity index (χ1n) is 5.48. The first kappa shape index (κ1) is 11.1. The topological polar surface area (TPSA) is 44.2 Å². The SMILES string of the molecule is C=C(C)c1cnc(OC2CCOCC2)nc1. The fourth-order valence-electron chi connectivity index (χ4n) is 1.54. The van der Waals surface area contributed by atoms with Crippen LogP contribution in [0.25, 0.3) is 5.57 Å². The molecular formula is C12H16N2O2. The summed E-state index contributed by atoms with van der Waals surface area (Å²) in [6.07, 6.45) is 5.48. The molecule has 1 aromatic heterocycles. The van der Waals surface area contributed by atoms with Crippen molar-refractivity contribution in [3.05, 3.63) is 24.5 Å². The molecule has 0 saturated carbocycles. The molecule has 0 atom stereocenters. The first-order chi connectivity index (χ1) is 7.75. The van der Waals surface area contributed by atoms with Gasteiger partial charge in [0.1, 0.15) is 6.10 Å². The van der Waals surface area contributed by atoms with Gasteiger partial charge in [-0.15, -0.1) is 0 Å². The summed E-state index contributed by atoms with van der Waals surface area (Å²) in [6, 6.07) is 0.442. The second-order valence-electron chi connectivity index (χ2n) is 3.96. The van der Waals surface area contributed by atoms with E-state index < -0.39 is 0 Å². The Morgan fingerprint density at radius 1 is 1.38 bits per heavy atom. The molecule has 0 N–H and O–H groups in total. The molecule has 2 heterocycles. The minimum absolute atomic E-state index is 0.185. The van der Waals surface area contributed by atoms with Crippen LogP contribution in [-0.2, 0) is 4.74 Å². The lowest BCUT2D eigenvalue weighted by Crippen LogP contribution is -2.26. The molecule has 1 aromatic rings. The Morgan fingerprint density at radius 3 is 2.56 bits per heavy atom. The molecule has 0 aromatic carbocycles. The summed E-state index contributed by atoms with van der Waals surface area (Å²) < 4.78 is 10.9. The maximum atomic E-state index is 5.66. The van der Waals surface area contributed by atoms with Crippen molar-refractivity contribution >= 4 is 5.57 Å². The monoisotopic (exact) mass is 220 g/mol. The van der Waals surface area contributed by atoms with Crippen molar-refractivity contribution in [2.45, 2.75) is 25.9 Å². The predicted molar refractivity (Wildman–Crippen MR) is 61.2 cm³/mol. The molecule has 4 heteroatoms. The van der Waals surface area contributed by atoms with E-state index in [4.69, 9.17) is 9.47 Å². The Hall–Kier alpha value is -1.42. The largest absolute Gasteiger partial charge is 0.460 e. The van der Waals surface area contributed by atoms with Crippen LogP contribution in [0.15, 0.2) is 19.0 Å². The summed E-state index contributed by atoms with van der Waals surface area (Å²) in [6.45, 7) is 7.28. The van der Waals surface area contributed by atoms with E-state index in [9.17, 15) is 0 Å². The lowest BCUT2D eigenvalue weighted by atomic mass is 10.2. The van der Waals surface area contributed by atoms with Crippen LogP contribution < -0.4 is 4.74 Å². The Labute approximate surface area is 95.3 Å². The molecule has 0 amide bonds. The lowest BCUT2D eigenvalue weighted by molar-refractivity contribution is 0.0217. The molecule has 16 heavy (non-hydrogen) atoms. The third-order valence-corrected chi connectivity index (χ3v) is 2.56. The smallest absolute Gasteiger partial charge is 0.316 e. The number of aromatic nitrogens is 2. The van der Waals surface area contributed by atoms with Crippen LogP contribution in [0.4, 0.5) is 0 Å². The number of hydrogen-bond donors (Lipinski definition) is 0. The molecule has 0 spiro atoms. The van der Waals surface area contributed by atoms with Crippen molar-refractivity contribution in [1.29, 1.82) is 0 Å². The van der Waals surface area contributed by atoms with Gasteiger partial charge in [0.25, 0.3) is 0 Å². The highest BCUT2D eigenvalue weighted by atomic mass is 16.5. The van der Waals surface area contributed by atoms with Gasteiger partial charge in [-0.25, -0.2) is 9.97 Å². The highest BCUT2D eigenvalue weighted by Gasteiger charge is 2.16. The van der Waals surface area contributed by atoms with E-state index in [1.54, 1.807) is 12.4 Å². The fraction of sp³-hybridized carbons (Fsp3) is 0.500. The van der Waals surface area contributed by atoms with Gasteiger partial charge in [0.05, 0.1) is 13.2 Å². The van der Waals surface area contributed by atoms with Gasteiger partial charge in [-0.05, 0) is 12.5 Å². The fourth-order valence-corrected chi connectivity index (χ4v) is 1.54. The summed E-state index contributed by atoms with van der Waals surface area (Å²) in [7, 11) is 0. The second kappa shape index (κ2) is 5.07. The Bertz CT molecular complexity index is 356. The van der Waals surface area contributed by atoms with Crippen LogP contribution in [0.5, 0.6) is 6.01 Å². The Balaban J connectivity index is 1.96. The summed E-state index contributed by atoms with van der Waals surface area (Å²) in [5, 5.41) is 0. The molecule has 0 unspecified atom stereocenters. The molecule has 1 aliphatic rings. The molecule has 1 aliphatic heterocycles. The van der Waals surface area contributed by atoms with E-state index >= 15 is 0 Å². The second-order valence-corrected chi connectivity index (χ2v) is 3.96. The van der Waals surface area contributed by atoms with Crippen molar-refractivity contribution < 1.29 is 9.47 Å². The van der Waals surface area contributed by atoms with Crippen molar-refractivity contribution in [3.63, 3.8) is 0 Å². The predicted octanol–water partition coefficient (Wildman–Crippen LogP) is 2.07. The number of nitrogens with zero attached hydrogens (tertiary/aromatic N) is 2. The molecule has 1 fully saturated rings. The molecule has 0 radical (unpaired) electrons. The average molecular weight is 220 g/mol. The Kier molecular flexibility index (Phi) is 3.51. The van der Waals surface area contributed by atoms with Crippen molar-refractivity contribution in [3.8, 4) is 6.01 Å². The van der Waals surface area contributed by atoms with Crippen molar-refractivity contribution in [1.82, 2.24) is 9.97 Å².